The number of carbonyl (C=O) groups excluding carboxylic acids is 1. The van der Waals surface area contributed by atoms with Gasteiger partial charge in [0.2, 0.25) is 11.5 Å². The first kappa shape index (κ1) is 12.5. The zero-order valence-electron chi connectivity index (χ0n) is 11.0. The summed E-state index contributed by atoms with van der Waals surface area (Å²) in [6.07, 6.45) is 1.78. The molecular formula is C13H14N4O3. The minimum atomic E-state index is -0.325. The molecule has 0 aliphatic carbocycles. The summed E-state index contributed by atoms with van der Waals surface area (Å²) in [6.45, 7) is 0.582. The number of carbonyl (C=O) groups is 1. The normalized spacial score (nSPS) is 13.9. The number of nitrogens with zero attached hydrogens (tertiary/aromatic N) is 3. The number of amides is 1. The van der Waals surface area contributed by atoms with E-state index in [1.165, 1.54) is 0 Å². The first-order valence-corrected chi connectivity index (χ1v) is 6.28. The van der Waals surface area contributed by atoms with Crippen molar-refractivity contribution in [2.75, 3.05) is 24.3 Å². The number of para-hydroxylation sites is 1. The molecule has 0 fully saturated rings. The predicted octanol–water partition coefficient (Wildman–Crippen LogP) is 1.25. The van der Waals surface area contributed by atoms with E-state index >= 15 is 0 Å². The molecule has 0 saturated carbocycles. The average Bonchev–Trinajstić information content (AvgIpc) is 2.91. The maximum Gasteiger partial charge on any atom is 0.284 e. The molecule has 0 spiro atoms. The van der Waals surface area contributed by atoms with Gasteiger partial charge in [-0.2, -0.15) is 0 Å². The van der Waals surface area contributed by atoms with E-state index in [0.29, 0.717) is 12.3 Å². The lowest BCUT2D eigenvalue weighted by atomic mass is 10.0. The van der Waals surface area contributed by atoms with Gasteiger partial charge in [-0.3, -0.25) is 4.79 Å². The number of hydrogen-bond donors (Lipinski definition) is 1. The zero-order chi connectivity index (χ0) is 14.1. The van der Waals surface area contributed by atoms with Gasteiger partial charge in [-0.25, -0.2) is 4.63 Å². The van der Waals surface area contributed by atoms with Gasteiger partial charge in [0.1, 0.15) is 5.75 Å². The summed E-state index contributed by atoms with van der Waals surface area (Å²) in [6, 6.07) is 5.73. The van der Waals surface area contributed by atoms with Gasteiger partial charge in [0.05, 0.1) is 12.8 Å². The minimum absolute atomic E-state index is 0.00276. The molecule has 2 N–H and O–H groups in total. The van der Waals surface area contributed by atoms with E-state index in [-0.39, 0.29) is 17.4 Å². The number of fused-ring (bicyclic) bond motifs is 1. The van der Waals surface area contributed by atoms with Crippen LogP contribution in [0.4, 0.5) is 11.5 Å². The largest absolute Gasteiger partial charge is 0.495 e. The molecule has 3 rings (SSSR count). The zero-order valence-corrected chi connectivity index (χ0v) is 11.0. The van der Waals surface area contributed by atoms with Crippen molar-refractivity contribution < 1.29 is 14.2 Å². The minimum Gasteiger partial charge on any atom is -0.495 e. The lowest BCUT2D eigenvalue weighted by Crippen LogP contribution is -2.36. The summed E-state index contributed by atoms with van der Waals surface area (Å²) >= 11 is 0. The van der Waals surface area contributed by atoms with Crippen LogP contribution in [-0.2, 0) is 6.42 Å². The SMILES string of the molecule is COc1cccc2c1N(C(=O)c1nonc1N)CCC2. The molecule has 0 atom stereocenters. The van der Waals surface area contributed by atoms with Gasteiger partial charge in [-0.05, 0) is 34.8 Å². The molecule has 0 saturated heterocycles. The van der Waals surface area contributed by atoms with Gasteiger partial charge >= 0.3 is 0 Å². The average molecular weight is 274 g/mol. The summed E-state index contributed by atoms with van der Waals surface area (Å²) in [5.74, 6) is 0.330. The molecule has 7 nitrogen and oxygen atoms in total. The topological polar surface area (TPSA) is 94.5 Å². The Bertz CT molecular complexity index is 639. The number of hydrogen-bond acceptors (Lipinski definition) is 6. The number of aromatic nitrogens is 2. The maximum absolute atomic E-state index is 12.5. The highest BCUT2D eigenvalue weighted by molar-refractivity contribution is 6.08. The Balaban J connectivity index is 2.06. The van der Waals surface area contributed by atoms with E-state index < -0.39 is 0 Å². The van der Waals surface area contributed by atoms with Crippen LogP contribution < -0.4 is 15.4 Å². The molecule has 20 heavy (non-hydrogen) atoms. The summed E-state index contributed by atoms with van der Waals surface area (Å²) in [7, 11) is 1.58. The lowest BCUT2D eigenvalue weighted by molar-refractivity contribution is 0.0975. The third-order valence-corrected chi connectivity index (χ3v) is 3.36. The second-order valence-corrected chi connectivity index (χ2v) is 4.53. The summed E-state index contributed by atoms with van der Waals surface area (Å²) in [5, 5.41) is 7.02. The molecular weight excluding hydrogens is 260 g/mol. The highest BCUT2D eigenvalue weighted by Crippen LogP contribution is 2.37. The first-order chi connectivity index (χ1) is 9.72. The van der Waals surface area contributed by atoms with Crippen molar-refractivity contribution in [3.63, 3.8) is 0 Å². The molecule has 0 unspecified atom stereocenters. The lowest BCUT2D eigenvalue weighted by Gasteiger charge is -2.30. The predicted molar refractivity (Wildman–Crippen MR) is 71.7 cm³/mol. The van der Waals surface area contributed by atoms with Gasteiger partial charge in [-0.1, -0.05) is 12.1 Å². The summed E-state index contributed by atoms with van der Waals surface area (Å²) in [4.78, 5) is 14.2. The second-order valence-electron chi connectivity index (χ2n) is 4.53. The van der Waals surface area contributed by atoms with E-state index in [4.69, 9.17) is 10.5 Å². The van der Waals surface area contributed by atoms with Crippen molar-refractivity contribution in [3.8, 4) is 5.75 Å². The van der Waals surface area contributed by atoms with Crippen molar-refractivity contribution in [2.24, 2.45) is 0 Å². The van der Waals surface area contributed by atoms with Gasteiger partial charge < -0.3 is 15.4 Å². The number of rotatable bonds is 2. The maximum atomic E-state index is 12.5. The molecule has 0 radical (unpaired) electrons. The number of benzene rings is 1. The van der Waals surface area contributed by atoms with Crippen molar-refractivity contribution in [3.05, 3.63) is 29.5 Å². The Morgan fingerprint density at radius 2 is 2.30 bits per heavy atom. The standard InChI is InChI=1S/C13H14N4O3/c1-19-9-6-2-4-8-5-3-7-17(11(8)9)13(18)10-12(14)16-20-15-10/h2,4,6H,3,5,7H2,1H3,(H2,14,16). The molecule has 7 heteroatoms. The van der Waals surface area contributed by atoms with Crippen LogP contribution in [-0.4, -0.2) is 29.9 Å². The van der Waals surface area contributed by atoms with E-state index in [2.05, 4.69) is 14.9 Å². The molecule has 2 aromatic rings. The van der Waals surface area contributed by atoms with E-state index in [9.17, 15) is 4.79 Å². The fourth-order valence-electron chi connectivity index (χ4n) is 2.45. The monoisotopic (exact) mass is 274 g/mol. The van der Waals surface area contributed by atoms with Crippen LogP contribution in [0.3, 0.4) is 0 Å². The number of nitrogen functional groups attached to an aromatic ring is 1. The summed E-state index contributed by atoms with van der Waals surface area (Å²) in [5.41, 5.74) is 7.46. The van der Waals surface area contributed by atoms with Crippen molar-refractivity contribution in [2.45, 2.75) is 12.8 Å². The highest BCUT2D eigenvalue weighted by atomic mass is 16.6. The quantitative estimate of drug-likeness (QED) is 0.885. The highest BCUT2D eigenvalue weighted by Gasteiger charge is 2.30. The third-order valence-electron chi connectivity index (χ3n) is 3.36. The van der Waals surface area contributed by atoms with E-state index in [0.717, 1.165) is 24.1 Å². The number of aryl methyl sites for hydroxylation is 1. The Labute approximate surface area is 115 Å². The molecule has 1 aromatic carbocycles. The van der Waals surface area contributed by atoms with Crippen LogP contribution in [0.15, 0.2) is 22.8 Å². The van der Waals surface area contributed by atoms with Crippen LogP contribution in [0, 0.1) is 0 Å². The molecule has 1 aliphatic rings. The van der Waals surface area contributed by atoms with E-state index in [1.54, 1.807) is 12.0 Å². The first-order valence-electron chi connectivity index (χ1n) is 6.28. The van der Waals surface area contributed by atoms with Gasteiger partial charge in [0.25, 0.3) is 5.91 Å². The van der Waals surface area contributed by atoms with E-state index in [1.807, 2.05) is 18.2 Å². The molecule has 104 valence electrons. The van der Waals surface area contributed by atoms with Crippen LogP contribution in [0.5, 0.6) is 5.75 Å². The van der Waals surface area contributed by atoms with Crippen molar-refractivity contribution >= 4 is 17.4 Å². The number of anilines is 2. The Kier molecular flexibility index (Phi) is 3.02. The Morgan fingerprint density at radius 1 is 1.45 bits per heavy atom. The molecule has 2 heterocycles. The molecule has 1 aliphatic heterocycles. The second kappa shape index (κ2) is 4.84. The van der Waals surface area contributed by atoms with Crippen LogP contribution in [0.1, 0.15) is 22.5 Å². The van der Waals surface area contributed by atoms with Crippen molar-refractivity contribution in [1.29, 1.82) is 0 Å². The molecule has 1 amide bonds. The number of ether oxygens (including phenoxy) is 1. The number of nitrogens with two attached hydrogens (primary N) is 1. The fraction of sp³-hybridized carbons (Fsp3) is 0.308. The van der Waals surface area contributed by atoms with Gasteiger partial charge in [0, 0.05) is 6.54 Å². The fourth-order valence-corrected chi connectivity index (χ4v) is 2.45. The van der Waals surface area contributed by atoms with Crippen LogP contribution in [0.25, 0.3) is 0 Å². The molecule has 1 aromatic heterocycles. The van der Waals surface area contributed by atoms with Crippen LogP contribution in [0.2, 0.25) is 0 Å². The Hall–Kier alpha value is -2.57. The smallest absolute Gasteiger partial charge is 0.284 e. The molecule has 0 bridgehead atoms. The third kappa shape index (κ3) is 1.87. The van der Waals surface area contributed by atoms with Crippen molar-refractivity contribution in [1.82, 2.24) is 10.3 Å². The Morgan fingerprint density at radius 3 is 3.00 bits per heavy atom. The summed E-state index contributed by atoms with van der Waals surface area (Å²) < 4.78 is 9.85. The van der Waals surface area contributed by atoms with Gasteiger partial charge in [-0.15, -0.1) is 0 Å². The van der Waals surface area contributed by atoms with Gasteiger partial charge in [0.15, 0.2) is 0 Å². The van der Waals surface area contributed by atoms with Crippen LogP contribution >= 0.6 is 0 Å². The number of methoxy groups -OCH3 is 1.